The van der Waals surface area contributed by atoms with Crippen LogP contribution in [-0.2, 0) is 0 Å². The Morgan fingerprint density at radius 3 is 2.53 bits per heavy atom. The van der Waals surface area contributed by atoms with Crippen molar-refractivity contribution in [3.05, 3.63) is 54.1 Å². The van der Waals surface area contributed by atoms with E-state index in [0.29, 0.717) is 10.9 Å². The van der Waals surface area contributed by atoms with Gasteiger partial charge in [0.2, 0.25) is 0 Å². The second-order valence-electron chi connectivity index (χ2n) is 4.00. The van der Waals surface area contributed by atoms with Crippen LogP contribution in [0.25, 0.3) is 21.5 Å². The maximum Gasteiger partial charge on any atom is 0.151 e. The number of hydrogen-bond donors (Lipinski definition) is 1. The molecule has 17 heavy (non-hydrogen) atoms. The van der Waals surface area contributed by atoms with Crippen LogP contribution in [0.3, 0.4) is 0 Å². The van der Waals surface area contributed by atoms with E-state index in [-0.39, 0.29) is 5.75 Å². The van der Waals surface area contributed by atoms with Gasteiger partial charge in [0, 0.05) is 10.9 Å². The molecule has 0 aromatic heterocycles. The van der Waals surface area contributed by atoms with E-state index < -0.39 is 0 Å². The van der Waals surface area contributed by atoms with Crippen LogP contribution >= 0.6 is 0 Å². The fourth-order valence-corrected chi connectivity index (χ4v) is 2.26. The zero-order valence-electron chi connectivity index (χ0n) is 9.05. The van der Waals surface area contributed by atoms with E-state index in [1.807, 2.05) is 36.4 Å². The summed E-state index contributed by atoms with van der Waals surface area (Å²) < 4.78 is 0. The first-order valence-corrected chi connectivity index (χ1v) is 5.40. The molecular formula is C15H10O2. The summed E-state index contributed by atoms with van der Waals surface area (Å²) in [6.45, 7) is 0. The van der Waals surface area contributed by atoms with Crippen LogP contribution in [-0.4, -0.2) is 11.4 Å². The summed E-state index contributed by atoms with van der Waals surface area (Å²) in [6.07, 6.45) is 0.810. The smallest absolute Gasteiger partial charge is 0.151 e. The molecule has 0 saturated carbocycles. The Kier molecular flexibility index (Phi) is 2.08. The van der Waals surface area contributed by atoms with Gasteiger partial charge in [-0.1, -0.05) is 36.4 Å². The number of benzene rings is 3. The van der Waals surface area contributed by atoms with Gasteiger partial charge in [-0.05, 0) is 28.3 Å². The van der Waals surface area contributed by atoms with Crippen molar-refractivity contribution >= 4 is 27.8 Å². The molecule has 3 aromatic carbocycles. The SMILES string of the molecule is O=Cc1c2ccccc2cc2cccc(O)c12. The summed E-state index contributed by atoms with van der Waals surface area (Å²) in [5, 5.41) is 13.3. The van der Waals surface area contributed by atoms with Gasteiger partial charge in [0.05, 0.1) is 0 Å². The Morgan fingerprint density at radius 1 is 0.941 bits per heavy atom. The van der Waals surface area contributed by atoms with Crippen LogP contribution in [0.5, 0.6) is 5.75 Å². The Balaban J connectivity index is 2.64. The lowest BCUT2D eigenvalue weighted by atomic mass is 9.97. The molecule has 0 unspecified atom stereocenters. The van der Waals surface area contributed by atoms with Crippen molar-refractivity contribution in [2.24, 2.45) is 0 Å². The molecule has 0 bridgehead atoms. The van der Waals surface area contributed by atoms with Gasteiger partial charge in [-0.3, -0.25) is 4.79 Å². The molecule has 3 rings (SSSR count). The highest BCUT2D eigenvalue weighted by Gasteiger charge is 2.09. The van der Waals surface area contributed by atoms with Crippen molar-refractivity contribution < 1.29 is 9.90 Å². The van der Waals surface area contributed by atoms with Gasteiger partial charge >= 0.3 is 0 Å². The summed E-state index contributed by atoms with van der Waals surface area (Å²) in [5.74, 6) is 0.148. The van der Waals surface area contributed by atoms with Crippen molar-refractivity contribution in [3.63, 3.8) is 0 Å². The highest BCUT2D eigenvalue weighted by molar-refractivity contribution is 6.14. The first-order valence-electron chi connectivity index (χ1n) is 5.40. The molecular weight excluding hydrogens is 212 g/mol. The molecule has 2 nitrogen and oxygen atoms in total. The molecule has 0 aliphatic rings. The molecule has 0 heterocycles. The number of carbonyl (C=O) groups excluding carboxylic acids is 1. The Morgan fingerprint density at radius 2 is 1.71 bits per heavy atom. The van der Waals surface area contributed by atoms with E-state index in [4.69, 9.17) is 0 Å². The maximum atomic E-state index is 11.3. The van der Waals surface area contributed by atoms with E-state index in [2.05, 4.69) is 0 Å². The molecule has 0 spiro atoms. The molecule has 0 aliphatic carbocycles. The molecule has 82 valence electrons. The van der Waals surface area contributed by atoms with Crippen molar-refractivity contribution in [3.8, 4) is 5.75 Å². The third-order valence-corrected chi connectivity index (χ3v) is 3.02. The van der Waals surface area contributed by atoms with E-state index in [1.54, 1.807) is 12.1 Å². The number of carbonyl (C=O) groups is 1. The lowest BCUT2D eigenvalue weighted by molar-refractivity contribution is 0.112. The Hall–Kier alpha value is -2.35. The number of phenols is 1. The lowest BCUT2D eigenvalue weighted by Crippen LogP contribution is -1.87. The molecule has 0 atom stereocenters. The largest absolute Gasteiger partial charge is 0.507 e. The minimum atomic E-state index is 0.148. The third-order valence-electron chi connectivity index (χ3n) is 3.02. The van der Waals surface area contributed by atoms with E-state index in [1.165, 1.54) is 0 Å². The summed E-state index contributed by atoms with van der Waals surface area (Å²) in [6, 6.07) is 14.9. The van der Waals surface area contributed by atoms with Crippen LogP contribution in [0.1, 0.15) is 10.4 Å². The second-order valence-corrected chi connectivity index (χ2v) is 4.00. The third kappa shape index (κ3) is 1.38. The Bertz CT molecular complexity index is 729. The number of fused-ring (bicyclic) bond motifs is 2. The molecule has 0 fully saturated rings. The molecule has 0 amide bonds. The predicted molar refractivity (Wildman–Crippen MR) is 68.5 cm³/mol. The molecule has 0 radical (unpaired) electrons. The topological polar surface area (TPSA) is 37.3 Å². The van der Waals surface area contributed by atoms with Crippen molar-refractivity contribution in [2.75, 3.05) is 0 Å². The standard InChI is InChI=1S/C15H10O2/c16-9-13-12-6-2-1-4-10(12)8-11-5-3-7-14(17)15(11)13/h1-9,17H. The van der Waals surface area contributed by atoms with Crippen LogP contribution < -0.4 is 0 Å². The van der Waals surface area contributed by atoms with E-state index in [0.717, 1.165) is 22.4 Å². The van der Waals surface area contributed by atoms with Gasteiger partial charge in [0.25, 0.3) is 0 Å². The average molecular weight is 222 g/mol. The molecule has 0 aliphatic heterocycles. The predicted octanol–water partition coefficient (Wildman–Crippen LogP) is 3.51. The van der Waals surface area contributed by atoms with Gasteiger partial charge < -0.3 is 5.11 Å². The van der Waals surface area contributed by atoms with Crippen LogP contribution in [0.4, 0.5) is 0 Å². The quantitative estimate of drug-likeness (QED) is 0.505. The highest BCUT2D eigenvalue weighted by atomic mass is 16.3. The van der Waals surface area contributed by atoms with Crippen LogP contribution in [0.15, 0.2) is 48.5 Å². The Labute approximate surface area is 98.1 Å². The van der Waals surface area contributed by atoms with Crippen molar-refractivity contribution in [1.82, 2.24) is 0 Å². The average Bonchev–Trinajstić information content (AvgIpc) is 2.36. The normalized spacial score (nSPS) is 10.8. The van der Waals surface area contributed by atoms with Gasteiger partial charge in [-0.25, -0.2) is 0 Å². The van der Waals surface area contributed by atoms with Crippen LogP contribution in [0, 0.1) is 0 Å². The van der Waals surface area contributed by atoms with Gasteiger partial charge in [-0.15, -0.1) is 0 Å². The highest BCUT2D eigenvalue weighted by Crippen LogP contribution is 2.32. The van der Waals surface area contributed by atoms with E-state index >= 15 is 0 Å². The number of aromatic hydroxyl groups is 1. The summed E-state index contributed by atoms with van der Waals surface area (Å²) >= 11 is 0. The molecule has 2 heteroatoms. The molecule has 1 N–H and O–H groups in total. The van der Waals surface area contributed by atoms with Gasteiger partial charge in [0.1, 0.15) is 5.75 Å². The first kappa shape index (κ1) is 9.85. The fraction of sp³-hybridized carbons (Fsp3) is 0. The number of phenolic OH excluding ortho intramolecular Hbond substituents is 1. The van der Waals surface area contributed by atoms with E-state index in [9.17, 15) is 9.90 Å². The number of aldehydes is 1. The summed E-state index contributed by atoms with van der Waals surface area (Å²) in [4.78, 5) is 11.3. The number of hydrogen-bond acceptors (Lipinski definition) is 2. The lowest BCUT2D eigenvalue weighted by Gasteiger charge is -2.07. The van der Waals surface area contributed by atoms with Gasteiger partial charge in [-0.2, -0.15) is 0 Å². The fourth-order valence-electron chi connectivity index (χ4n) is 2.26. The minimum absolute atomic E-state index is 0.148. The van der Waals surface area contributed by atoms with Crippen molar-refractivity contribution in [2.45, 2.75) is 0 Å². The monoisotopic (exact) mass is 222 g/mol. The van der Waals surface area contributed by atoms with Crippen molar-refractivity contribution in [1.29, 1.82) is 0 Å². The van der Waals surface area contributed by atoms with Crippen LogP contribution in [0.2, 0.25) is 0 Å². The zero-order chi connectivity index (χ0) is 11.8. The van der Waals surface area contributed by atoms with Gasteiger partial charge in [0.15, 0.2) is 6.29 Å². The summed E-state index contributed by atoms with van der Waals surface area (Å²) in [7, 11) is 0. The zero-order valence-corrected chi connectivity index (χ0v) is 9.05. The number of rotatable bonds is 1. The maximum absolute atomic E-state index is 11.3. The first-order chi connectivity index (χ1) is 8.31. The second kappa shape index (κ2) is 3.59. The summed E-state index contributed by atoms with van der Waals surface area (Å²) in [5.41, 5.74) is 0.552. The minimum Gasteiger partial charge on any atom is -0.507 e. The molecule has 3 aromatic rings. The molecule has 0 saturated heterocycles.